The lowest BCUT2D eigenvalue weighted by Crippen LogP contribution is -2.48. The number of likely N-dealkylation sites (tertiary alicyclic amines) is 3. The van der Waals surface area contributed by atoms with Crippen LogP contribution in [0.1, 0.15) is 111 Å². The summed E-state index contributed by atoms with van der Waals surface area (Å²) < 4.78 is 23.0. The van der Waals surface area contributed by atoms with Crippen LogP contribution in [-0.2, 0) is 19.1 Å². The van der Waals surface area contributed by atoms with Gasteiger partial charge in [-0.05, 0) is 72.6 Å². The molecule has 7 atom stereocenters. The number of amides is 6. The van der Waals surface area contributed by atoms with Crippen molar-refractivity contribution in [3.63, 3.8) is 0 Å². The molecule has 6 N–H and O–H groups in total. The molecule has 0 radical (unpaired) electrons. The molecule has 6 aromatic heterocycles. The fourth-order valence-corrected chi connectivity index (χ4v) is 9.89. The van der Waals surface area contributed by atoms with Gasteiger partial charge in [0.05, 0.1) is 48.4 Å². The van der Waals surface area contributed by atoms with E-state index >= 15 is 0 Å². The molecule has 0 spiro atoms. The van der Waals surface area contributed by atoms with Crippen LogP contribution in [-0.4, -0.2) is 184 Å². The average Bonchev–Trinajstić information content (AvgIpc) is 4.21. The molecule has 6 amide bonds. The average molecular weight is 1120 g/mol. The molecule has 0 aliphatic carbocycles. The molecule has 25 nitrogen and oxygen atoms in total. The molecule has 9 heterocycles. The summed E-state index contributed by atoms with van der Waals surface area (Å²) in [5.41, 5.74) is 4.27. The van der Waals surface area contributed by atoms with E-state index in [1.165, 1.54) is 24.4 Å². The molecular formula is C56H73N15O10. The molecule has 3 aliphatic heterocycles. The maximum atomic E-state index is 12.5. The Balaban J connectivity index is 0.000000176. The number of aromatic nitrogens is 9. The lowest BCUT2D eigenvalue weighted by molar-refractivity contribution is -0.131. The van der Waals surface area contributed by atoms with Gasteiger partial charge in [0, 0.05) is 102 Å². The van der Waals surface area contributed by atoms with Crippen molar-refractivity contribution in [3.05, 3.63) is 91.8 Å². The van der Waals surface area contributed by atoms with Gasteiger partial charge in [0.1, 0.15) is 34.9 Å². The summed E-state index contributed by atoms with van der Waals surface area (Å²) in [5, 5.41) is 8.37. The van der Waals surface area contributed by atoms with Gasteiger partial charge in [-0.15, -0.1) is 0 Å². The number of aromatic amines is 3. The van der Waals surface area contributed by atoms with Crippen LogP contribution in [0.3, 0.4) is 0 Å². The molecule has 0 aromatic carbocycles. The molecule has 0 bridgehead atoms. The number of H-pyrrole nitrogens is 3. The third-order valence-electron chi connectivity index (χ3n) is 14.0. The standard InChI is InChI=1S/C20H27N5O4.2C18H23N5O3/c1-5-17(26)25-10-14(7-6-13(25)3)29-16-9-22-19-18(24-16)15(8-21-19)20(27)23-12(2)11-28-4;2*1-4-15(24)23-7-6-12(8-11(23)3)26-14-10-21-17-16(22-14)13(9-20-17)18(25)19-5-2/h5,8-9,12-14H,1,6-7,10-11H2,2-4H3,(H,21,22)(H,23,27);2*4,9-12H,1,5-8H2,2-3H3,(H,19,25)(H,20,21)/t12-,13-,14+;2*11-,12+/m010/s1. The number of nitrogens with zero attached hydrogens (tertiary/aromatic N) is 9. The van der Waals surface area contributed by atoms with Gasteiger partial charge in [-0.1, -0.05) is 19.7 Å². The van der Waals surface area contributed by atoms with Gasteiger partial charge >= 0.3 is 0 Å². The van der Waals surface area contributed by atoms with E-state index in [-0.39, 0.29) is 77.9 Å². The van der Waals surface area contributed by atoms with Crippen molar-refractivity contribution >= 4 is 68.9 Å². The fraction of sp³-hybridized carbons (Fsp3) is 0.464. The fourth-order valence-electron chi connectivity index (χ4n) is 9.89. The van der Waals surface area contributed by atoms with Crippen molar-refractivity contribution in [2.24, 2.45) is 0 Å². The minimum atomic E-state index is -0.263. The van der Waals surface area contributed by atoms with Crippen molar-refractivity contribution in [3.8, 4) is 17.6 Å². The number of nitrogens with one attached hydrogen (secondary N) is 6. The van der Waals surface area contributed by atoms with Crippen LogP contribution in [0.4, 0.5) is 0 Å². The molecule has 81 heavy (non-hydrogen) atoms. The molecule has 3 fully saturated rings. The quantitative estimate of drug-likeness (QED) is 0.0657. The number of fused-ring (bicyclic) bond motifs is 3. The van der Waals surface area contributed by atoms with Crippen molar-refractivity contribution in [2.45, 2.75) is 123 Å². The Morgan fingerprint density at radius 1 is 0.593 bits per heavy atom. The predicted molar refractivity (Wildman–Crippen MR) is 302 cm³/mol. The second-order valence-corrected chi connectivity index (χ2v) is 19.9. The lowest BCUT2D eigenvalue weighted by atomic mass is 10.0. The summed E-state index contributed by atoms with van der Waals surface area (Å²) in [4.78, 5) is 113. The highest BCUT2D eigenvalue weighted by molar-refractivity contribution is 6.06. The first-order valence-corrected chi connectivity index (χ1v) is 27.2. The smallest absolute Gasteiger partial charge is 0.255 e. The zero-order valence-corrected chi connectivity index (χ0v) is 47.0. The van der Waals surface area contributed by atoms with Gasteiger partial charge in [-0.25, -0.2) is 29.9 Å². The van der Waals surface area contributed by atoms with Crippen LogP contribution >= 0.6 is 0 Å². The summed E-state index contributed by atoms with van der Waals surface area (Å²) in [6, 6.07) is 0.133. The number of methoxy groups -OCH3 is 1. The maximum Gasteiger partial charge on any atom is 0.255 e. The van der Waals surface area contributed by atoms with Gasteiger partial charge in [-0.2, -0.15) is 0 Å². The van der Waals surface area contributed by atoms with E-state index in [0.717, 1.165) is 12.8 Å². The van der Waals surface area contributed by atoms with E-state index in [9.17, 15) is 28.8 Å². The molecular weight excluding hydrogens is 1040 g/mol. The summed E-state index contributed by atoms with van der Waals surface area (Å²) in [6.07, 6.45) is 17.5. The molecule has 0 saturated carbocycles. The van der Waals surface area contributed by atoms with E-state index < -0.39 is 0 Å². The molecule has 432 valence electrons. The Morgan fingerprint density at radius 2 is 0.988 bits per heavy atom. The monoisotopic (exact) mass is 1120 g/mol. The topological polar surface area (TPSA) is 310 Å². The van der Waals surface area contributed by atoms with Gasteiger partial charge in [0.15, 0.2) is 16.9 Å². The van der Waals surface area contributed by atoms with Gasteiger partial charge < -0.3 is 64.5 Å². The number of rotatable bonds is 17. The second kappa shape index (κ2) is 27.9. The van der Waals surface area contributed by atoms with E-state index in [2.05, 4.69) is 80.5 Å². The molecule has 3 aliphatic rings. The largest absolute Gasteiger partial charge is 0.473 e. The number of hydrogen-bond donors (Lipinski definition) is 6. The summed E-state index contributed by atoms with van der Waals surface area (Å²) >= 11 is 0. The van der Waals surface area contributed by atoms with Crippen LogP contribution in [0.15, 0.2) is 75.1 Å². The Labute approximate surface area is 469 Å². The van der Waals surface area contributed by atoms with E-state index in [0.29, 0.717) is 133 Å². The van der Waals surface area contributed by atoms with Crippen LogP contribution in [0.5, 0.6) is 17.6 Å². The summed E-state index contributed by atoms with van der Waals surface area (Å²) in [7, 11) is 1.58. The number of carbonyl (C=O) groups is 6. The van der Waals surface area contributed by atoms with Gasteiger partial charge in [0.25, 0.3) is 17.7 Å². The highest BCUT2D eigenvalue weighted by Crippen LogP contribution is 2.27. The Bertz CT molecular complexity index is 3090. The first kappa shape index (κ1) is 59.9. The zero-order chi connectivity index (χ0) is 58.3. The highest BCUT2D eigenvalue weighted by Gasteiger charge is 2.32. The van der Waals surface area contributed by atoms with E-state index in [1.54, 1.807) is 52.8 Å². The first-order chi connectivity index (χ1) is 39.0. The third-order valence-corrected chi connectivity index (χ3v) is 14.0. The first-order valence-electron chi connectivity index (χ1n) is 27.2. The highest BCUT2D eigenvalue weighted by atomic mass is 16.5. The zero-order valence-electron chi connectivity index (χ0n) is 47.0. The molecule has 25 heteroatoms. The van der Waals surface area contributed by atoms with Gasteiger partial charge in [-0.3, -0.25) is 28.8 Å². The van der Waals surface area contributed by atoms with Crippen LogP contribution in [0, 0.1) is 0 Å². The summed E-state index contributed by atoms with van der Waals surface area (Å²) in [6.45, 7) is 25.4. The van der Waals surface area contributed by atoms with Crippen LogP contribution in [0.25, 0.3) is 33.5 Å². The SMILES string of the molecule is C=CC(=O)N1CC[C@@H](Oc2cnc3[nH]cc(C(=O)NCC)c3n2)C[C@@H]1C.C=CC(=O)N1CC[C@H](Oc2cnc3[nH]cc(C(=O)NCC)c3n2)C[C@H]1C.C=CC(=O)N1C[C@H](Oc2cnc3[nH]cc(C(=O)N[C@@H](C)COC)c3n2)CC[C@@H]1C. The van der Waals surface area contributed by atoms with Crippen molar-refractivity contribution < 1.29 is 47.7 Å². The van der Waals surface area contributed by atoms with Crippen molar-refractivity contribution in [2.75, 3.05) is 46.4 Å². The normalized spacial score (nSPS) is 20.1. The van der Waals surface area contributed by atoms with Gasteiger partial charge in [0.2, 0.25) is 35.4 Å². The number of ether oxygens (including phenoxy) is 4. The predicted octanol–water partition coefficient (Wildman–Crippen LogP) is 4.97. The number of hydrogen-bond acceptors (Lipinski definition) is 16. The van der Waals surface area contributed by atoms with Crippen molar-refractivity contribution in [1.82, 2.24) is 75.5 Å². The summed E-state index contributed by atoms with van der Waals surface area (Å²) in [5.74, 6) is 0.189. The Morgan fingerprint density at radius 3 is 1.37 bits per heavy atom. The number of piperidine rings is 3. The number of carbonyl (C=O) groups excluding carboxylic acids is 6. The van der Waals surface area contributed by atoms with Crippen molar-refractivity contribution in [1.29, 1.82) is 0 Å². The van der Waals surface area contributed by atoms with E-state index in [1.807, 2.05) is 41.5 Å². The third kappa shape index (κ3) is 14.9. The molecule has 9 rings (SSSR count). The van der Waals surface area contributed by atoms with Crippen LogP contribution in [0.2, 0.25) is 0 Å². The molecule has 0 unspecified atom stereocenters. The maximum absolute atomic E-state index is 12.5. The molecule has 6 aromatic rings. The van der Waals surface area contributed by atoms with E-state index in [4.69, 9.17) is 18.9 Å². The second-order valence-electron chi connectivity index (χ2n) is 19.9. The minimum Gasteiger partial charge on any atom is -0.473 e. The Hall–Kier alpha value is -8.74. The minimum absolute atomic E-state index is 0.0579. The Kier molecular flexibility index (Phi) is 20.6. The lowest BCUT2D eigenvalue weighted by Gasteiger charge is -2.37. The molecule has 3 saturated heterocycles. The van der Waals surface area contributed by atoms with Crippen LogP contribution < -0.4 is 30.2 Å².